The molecule has 2 fully saturated rings. The minimum absolute atomic E-state index is 0.414. The van der Waals surface area contributed by atoms with Crippen LogP contribution in [0.4, 0.5) is 19.0 Å². The highest BCUT2D eigenvalue weighted by Gasteiger charge is 2.39. The number of pyridine rings is 1. The molecular formula is C15H20F3N3. The zero-order valence-corrected chi connectivity index (χ0v) is 12.2. The van der Waals surface area contributed by atoms with Gasteiger partial charge in [-0.25, -0.2) is 4.98 Å². The van der Waals surface area contributed by atoms with Gasteiger partial charge in [-0.05, 0) is 50.4 Å². The number of piperidine rings is 1. The first-order chi connectivity index (χ1) is 9.88. The Kier molecular flexibility index (Phi) is 3.59. The number of hydrogen-bond acceptors (Lipinski definition) is 3. The molecule has 2 aliphatic rings. The summed E-state index contributed by atoms with van der Waals surface area (Å²) in [5.74, 6) is 0.657. The van der Waals surface area contributed by atoms with E-state index in [2.05, 4.69) is 21.8 Å². The van der Waals surface area contributed by atoms with Gasteiger partial charge in [-0.1, -0.05) is 0 Å². The van der Waals surface area contributed by atoms with Crippen LogP contribution < -0.4 is 4.90 Å². The second kappa shape index (κ2) is 5.16. The van der Waals surface area contributed by atoms with E-state index in [-0.39, 0.29) is 0 Å². The number of rotatable bonds is 1. The predicted octanol–water partition coefficient (Wildman–Crippen LogP) is 3.02. The van der Waals surface area contributed by atoms with Gasteiger partial charge in [0.2, 0.25) is 0 Å². The zero-order chi connectivity index (χ0) is 15.1. The Balaban J connectivity index is 1.64. The fourth-order valence-corrected chi connectivity index (χ4v) is 3.52. The van der Waals surface area contributed by atoms with Gasteiger partial charge in [-0.2, -0.15) is 13.2 Å². The van der Waals surface area contributed by atoms with E-state index in [0.717, 1.165) is 51.3 Å². The molecule has 2 saturated heterocycles. The van der Waals surface area contributed by atoms with E-state index in [1.165, 1.54) is 12.5 Å². The molecule has 0 atom stereocenters. The van der Waals surface area contributed by atoms with Gasteiger partial charge in [-0.3, -0.25) is 0 Å². The van der Waals surface area contributed by atoms with Gasteiger partial charge in [0.25, 0.3) is 0 Å². The third-order valence-electron chi connectivity index (χ3n) is 4.85. The van der Waals surface area contributed by atoms with Crippen LogP contribution in [-0.4, -0.2) is 43.1 Å². The number of halogens is 3. The van der Waals surface area contributed by atoms with E-state index in [9.17, 15) is 13.2 Å². The Morgan fingerprint density at radius 2 is 1.76 bits per heavy atom. The van der Waals surface area contributed by atoms with Crippen LogP contribution in [0.25, 0.3) is 0 Å². The maximum absolute atomic E-state index is 12.5. The standard InChI is InChI=1S/C15H20F3N3/c1-20-7-4-14(11-20)5-8-21(9-6-14)13-3-2-12(10-19-13)15(16,17)18/h2-3,10H,4-9,11H2,1H3. The fraction of sp³-hybridized carbons (Fsp3) is 0.667. The van der Waals surface area contributed by atoms with Gasteiger partial charge in [-0.15, -0.1) is 0 Å². The van der Waals surface area contributed by atoms with Crippen molar-refractivity contribution in [3.8, 4) is 0 Å². The van der Waals surface area contributed by atoms with Crippen molar-refractivity contribution in [1.82, 2.24) is 9.88 Å². The van der Waals surface area contributed by atoms with Crippen molar-refractivity contribution in [2.45, 2.75) is 25.4 Å². The van der Waals surface area contributed by atoms with Crippen LogP contribution in [0.1, 0.15) is 24.8 Å². The van der Waals surface area contributed by atoms with E-state index in [0.29, 0.717) is 11.2 Å². The molecule has 2 aliphatic heterocycles. The number of anilines is 1. The summed E-state index contributed by atoms with van der Waals surface area (Å²) >= 11 is 0. The monoisotopic (exact) mass is 299 g/mol. The van der Waals surface area contributed by atoms with Gasteiger partial charge >= 0.3 is 6.18 Å². The van der Waals surface area contributed by atoms with Crippen molar-refractivity contribution in [3.05, 3.63) is 23.9 Å². The van der Waals surface area contributed by atoms with Crippen molar-refractivity contribution in [2.75, 3.05) is 38.1 Å². The van der Waals surface area contributed by atoms with Gasteiger partial charge in [0, 0.05) is 25.8 Å². The molecule has 3 rings (SSSR count). The van der Waals surface area contributed by atoms with Crippen LogP contribution in [0.5, 0.6) is 0 Å². The molecule has 116 valence electrons. The summed E-state index contributed by atoms with van der Waals surface area (Å²) in [5, 5.41) is 0. The van der Waals surface area contributed by atoms with Crippen LogP contribution in [0, 0.1) is 5.41 Å². The molecular weight excluding hydrogens is 279 g/mol. The van der Waals surface area contributed by atoms with Crippen molar-refractivity contribution < 1.29 is 13.2 Å². The molecule has 0 aromatic carbocycles. The molecule has 1 aromatic rings. The van der Waals surface area contributed by atoms with Crippen molar-refractivity contribution in [3.63, 3.8) is 0 Å². The highest BCUT2D eigenvalue weighted by Crippen LogP contribution is 2.40. The van der Waals surface area contributed by atoms with Crippen LogP contribution in [-0.2, 0) is 6.18 Å². The first kappa shape index (κ1) is 14.6. The number of aromatic nitrogens is 1. The summed E-state index contributed by atoms with van der Waals surface area (Å²) in [7, 11) is 2.15. The maximum Gasteiger partial charge on any atom is 0.417 e. The number of nitrogens with zero attached hydrogens (tertiary/aromatic N) is 3. The van der Waals surface area contributed by atoms with E-state index in [4.69, 9.17) is 0 Å². The fourth-order valence-electron chi connectivity index (χ4n) is 3.52. The van der Waals surface area contributed by atoms with E-state index in [1.807, 2.05) is 0 Å². The lowest BCUT2D eigenvalue weighted by atomic mass is 9.78. The Morgan fingerprint density at radius 1 is 1.10 bits per heavy atom. The van der Waals surface area contributed by atoms with Crippen LogP contribution in [0.3, 0.4) is 0 Å². The lowest BCUT2D eigenvalue weighted by Gasteiger charge is -2.39. The van der Waals surface area contributed by atoms with Crippen LogP contribution in [0.15, 0.2) is 18.3 Å². The van der Waals surface area contributed by atoms with Crippen molar-refractivity contribution in [1.29, 1.82) is 0 Å². The number of hydrogen-bond donors (Lipinski definition) is 0. The van der Waals surface area contributed by atoms with E-state index in [1.54, 1.807) is 0 Å². The van der Waals surface area contributed by atoms with Crippen molar-refractivity contribution >= 4 is 5.82 Å². The maximum atomic E-state index is 12.5. The lowest BCUT2D eigenvalue weighted by molar-refractivity contribution is -0.137. The minimum atomic E-state index is -4.31. The molecule has 21 heavy (non-hydrogen) atoms. The second-order valence-electron chi connectivity index (χ2n) is 6.38. The largest absolute Gasteiger partial charge is 0.417 e. The summed E-state index contributed by atoms with van der Waals surface area (Å²) in [6.45, 7) is 4.05. The quantitative estimate of drug-likeness (QED) is 0.794. The SMILES string of the molecule is CN1CCC2(CCN(c3ccc(C(F)(F)F)cn3)CC2)C1. The summed E-state index contributed by atoms with van der Waals surface area (Å²) in [4.78, 5) is 8.46. The normalized spacial score (nSPS) is 23.0. The first-order valence-corrected chi connectivity index (χ1v) is 7.35. The molecule has 0 saturated carbocycles. The molecule has 1 spiro atoms. The van der Waals surface area contributed by atoms with Gasteiger partial charge in [0.05, 0.1) is 5.56 Å². The summed E-state index contributed by atoms with van der Waals surface area (Å²) in [6, 6.07) is 2.61. The Morgan fingerprint density at radius 3 is 2.24 bits per heavy atom. The summed E-state index contributed by atoms with van der Waals surface area (Å²) in [6.07, 6.45) is 0.0484. The Labute approximate surface area is 122 Å². The molecule has 0 unspecified atom stereocenters. The summed E-state index contributed by atoms with van der Waals surface area (Å²) in [5.41, 5.74) is -0.269. The molecule has 3 heterocycles. The average Bonchev–Trinajstić information content (AvgIpc) is 2.80. The molecule has 6 heteroatoms. The number of likely N-dealkylation sites (tertiary alicyclic amines) is 1. The van der Waals surface area contributed by atoms with Crippen molar-refractivity contribution in [2.24, 2.45) is 5.41 Å². The van der Waals surface area contributed by atoms with E-state index < -0.39 is 11.7 Å². The minimum Gasteiger partial charge on any atom is -0.357 e. The molecule has 3 nitrogen and oxygen atoms in total. The smallest absolute Gasteiger partial charge is 0.357 e. The Hall–Kier alpha value is -1.30. The third kappa shape index (κ3) is 3.00. The van der Waals surface area contributed by atoms with Gasteiger partial charge in [0.15, 0.2) is 0 Å². The lowest BCUT2D eigenvalue weighted by Crippen LogP contribution is -2.41. The summed E-state index contributed by atoms with van der Waals surface area (Å²) < 4.78 is 37.6. The molecule has 0 bridgehead atoms. The van der Waals surface area contributed by atoms with Crippen LogP contribution >= 0.6 is 0 Å². The van der Waals surface area contributed by atoms with Crippen LogP contribution in [0.2, 0.25) is 0 Å². The molecule has 1 aromatic heterocycles. The molecule has 0 radical (unpaired) electrons. The predicted molar refractivity (Wildman–Crippen MR) is 75.2 cm³/mol. The topological polar surface area (TPSA) is 19.4 Å². The Bertz CT molecular complexity index is 490. The van der Waals surface area contributed by atoms with Gasteiger partial charge < -0.3 is 9.80 Å². The van der Waals surface area contributed by atoms with Gasteiger partial charge in [0.1, 0.15) is 5.82 Å². The highest BCUT2D eigenvalue weighted by molar-refractivity contribution is 5.40. The van der Waals surface area contributed by atoms with E-state index >= 15 is 0 Å². The third-order valence-corrected chi connectivity index (χ3v) is 4.85. The number of alkyl halides is 3. The highest BCUT2D eigenvalue weighted by atomic mass is 19.4. The first-order valence-electron chi connectivity index (χ1n) is 7.35. The second-order valence-corrected chi connectivity index (χ2v) is 6.38. The molecule has 0 N–H and O–H groups in total. The molecule has 0 aliphatic carbocycles. The molecule has 0 amide bonds. The average molecular weight is 299 g/mol. The zero-order valence-electron chi connectivity index (χ0n) is 12.2.